The molecular weight excluding hydrogens is 268 g/mol. The van der Waals surface area contributed by atoms with Crippen LogP contribution in [-0.2, 0) is 9.59 Å². The molecule has 0 aromatic rings. The number of fused-ring (bicyclic) bond motifs is 1. The van der Waals surface area contributed by atoms with E-state index in [1.165, 1.54) is 0 Å². The van der Waals surface area contributed by atoms with Crippen molar-refractivity contribution in [3.63, 3.8) is 0 Å². The normalized spacial score (nSPS) is 25.6. The van der Waals surface area contributed by atoms with Gasteiger partial charge in [0.05, 0.1) is 0 Å². The van der Waals surface area contributed by atoms with Crippen molar-refractivity contribution in [1.82, 2.24) is 9.80 Å². The molecule has 2 saturated heterocycles. The van der Waals surface area contributed by atoms with Gasteiger partial charge in [-0.2, -0.15) is 0 Å². The van der Waals surface area contributed by atoms with Gasteiger partial charge >= 0.3 is 0 Å². The van der Waals surface area contributed by atoms with Crippen LogP contribution in [0.3, 0.4) is 0 Å². The Balaban J connectivity index is 2.00. The van der Waals surface area contributed by atoms with E-state index in [1.807, 2.05) is 23.6 Å². The number of carbonyl (C=O) groups excluding carboxylic acids is 2. The molecule has 5 nitrogen and oxygen atoms in total. The summed E-state index contributed by atoms with van der Waals surface area (Å²) in [5.41, 5.74) is 1.02. The predicted molar refractivity (Wildman–Crippen MR) is 80.6 cm³/mol. The van der Waals surface area contributed by atoms with Gasteiger partial charge in [-0.3, -0.25) is 9.59 Å². The maximum Gasteiger partial charge on any atom is 0.246 e. The SMILES string of the molecule is CC(C)=CC(=O)N1CC[C@@H]2[C@@H](CCC(=O)N2CCCO)C1. The van der Waals surface area contributed by atoms with Gasteiger partial charge in [-0.05, 0) is 39.0 Å². The minimum absolute atomic E-state index is 0.0901. The lowest BCUT2D eigenvalue weighted by molar-refractivity contribution is -0.143. The van der Waals surface area contributed by atoms with E-state index in [0.29, 0.717) is 31.8 Å². The third-order valence-electron chi connectivity index (χ3n) is 4.42. The van der Waals surface area contributed by atoms with Crippen LogP contribution >= 0.6 is 0 Å². The number of likely N-dealkylation sites (tertiary alicyclic amines) is 2. The lowest BCUT2D eigenvalue weighted by Crippen LogP contribution is -2.57. The van der Waals surface area contributed by atoms with Crippen LogP contribution in [0.4, 0.5) is 0 Å². The van der Waals surface area contributed by atoms with Crippen molar-refractivity contribution in [3.05, 3.63) is 11.6 Å². The van der Waals surface area contributed by atoms with Gasteiger partial charge < -0.3 is 14.9 Å². The van der Waals surface area contributed by atoms with Gasteiger partial charge in [-0.25, -0.2) is 0 Å². The van der Waals surface area contributed by atoms with Crippen LogP contribution in [0.15, 0.2) is 11.6 Å². The van der Waals surface area contributed by atoms with Gasteiger partial charge in [0.1, 0.15) is 0 Å². The summed E-state index contributed by atoms with van der Waals surface area (Å²) in [4.78, 5) is 28.1. The molecule has 2 amide bonds. The van der Waals surface area contributed by atoms with Crippen molar-refractivity contribution in [1.29, 1.82) is 0 Å². The molecule has 2 rings (SSSR count). The van der Waals surface area contributed by atoms with Crippen molar-refractivity contribution in [3.8, 4) is 0 Å². The van der Waals surface area contributed by atoms with Gasteiger partial charge in [-0.1, -0.05) is 5.57 Å². The average Bonchev–Trinajstić information content (AvgIpc) is 2.45. The Morgan fingerprint density at radius 3 is 2.81 bits per heavy atom. The van der Waals surface area contributed by atoms with Gasteiger partial charge in [0, 0.05) is 44.8 Å². The summed E-state index contributed by atoms with van der Waals surface area (Å²) in [6.45, 7) is 6.08. The highest BCUT2D eigenvalue weighted by Gasteiger charge is 2.39. The standard InChI is InChI=1S/C16H26N2O3/c1-12(2)10-16(21)17-8-6-14-13(11-17)4-5-15(20)18(14)7-3-9-19/h10,13-14,19H,3-9,11H2,1-2H3/t13-,14+/m0/s1. The number of piperidine rings is 2. The Kier molecular flexibility index (Phi) is 5.39. The van der Waals surface area contributed by atoms with Crippen LogP contribution in [0.5, 0.6) is 0 Å². The van der Waals surface area contributed by atoms with Gasteiger partial charge in [-0.15, -0.1) is 0 Å². The van der Waals surface area contributed by atoms with Crippen LogP contribution in [0.1, 0.15) is 39.5 Å². The third kappa shape index (κ3) is 3.84. The highest BCUT2D eigenvalue weighted by Crippen LogP contribution is 2.31. The first-order chi connectivity index (χ1) is 10.0. The molecule has 5 heteroatoms. The summed E-state index contributed by atoms with van der Waals surface area (Å²) in [7, 11) is 0. The van der Waals surface area contributed by atoms with Gasteiger partial charge in [0.15, 0.2) is 0 Å². The minimum Gasteiger partial charge on any atom is -0.396 e. The maximum atomic E-state index is 12.1. The number of allylic oxidation sites excluding steroid dienone is 1. The summed E-state index contributed by atoms with van der Waals surface area (Å²) >= 11 is 0. The summed E-state index contributed by atoms with van der Waals surface area (Å²) in [6, 6.07) is 0.244. The number of carbonyl (C=O) groups is 2. The lowest BCUT2D eigenvalue weighted by atomic mass is 9.83. The molecule has 0 radical (unpaired) electrons. The Labute approximate surface area is 126 Å². The number of amides is 2. The number of nitrogens with zero attached hydrogens (tertiary/aromatic N) is 2. The zero-order valence-electron chi connectivity index (χ0n) is 13.0. The van der Waals surface area contributed by atoms with Gasteiger partial charge in [0.25, 0.3) is 0 Å². The van der Waals surface area contributed by atoms with E-state index in [2.05, 4.69) is 0 Å². The summed E-state index contributed by atoms with van der Waals surface area (Å²) in [5, 5.41) is 8.98. The molecule has 2 fully saturated rings. The molecule has 0 aromatic heterocycles. The fourth-order valence-electron chi connectivity index (χ4n) is 3.42. The Morgan fingerprint density at radius 2 is 2.14 bits per heavy atom. The molecule has 0 spiro atoms. The second-order valence-electron chi connectivity index (χ2n) is 6.33. The maximum absolute atomic E-state index is 12.1. The van der Waals surface area contributed by atoms with Crippen molar-refractivity contribution in [2.75, 3.05) is 26.2 Å². The second-order valence-corrected chi connectivity index (χ2v) is 6.33. The smallest absolute Gasteiger partial charge is 0.246 e. The van der Waals surface area contributed by atoms with Crippen molar-refractivity contribution in [2.45, 2.75) is 45.6 Å². The summed E-state index contributed by atoms with van der Waals surface area (Å²) in [6.07, 6.45) is 4.62. The number of hydrogen-bond donors (Lipinski definition) is 1. The predicted octanol–water partition coefficient (Wildman–Crippen LogP) is 1.17. The number of aliphatic hydroxyl groups is 1. The largest absolute Gasteiger partial charge is 0.396 e. The topological polar surface area (TPSA) is 60.9 Å². The van der Waals surface area contributed by atoms with Crippen molar-refractivity contribution >= 4 is 11.8 Å². The van der Waals surface area contributed by atoms with Crippen LogP contribution in [0, 0.1) is 5.92 Å². The third-order valence-corrected chi connectivity index (χ3v) is 4.42. The van der Waals surface area contributed by atoms with Crippen LogP contribution in [0.25, 0.3) is 0 Å². The number of hydrogen-bond acceptors (Lipinski definition) is 3. The molecule has 0 unspecified atom stereocenters. The molecule has 1 N–H and O–H groups in total. The molecule has 0 aromatic carbocycles. The van der Waals surface area contributed by atoms with E-state index >= 15 is 0 Å². The fourth-order valence-corrected chi connectivity index (χ4v) is 3.42. The lowest BCUT2D eigenvalue weighted by Gasteiger charge is -2.47. The Bertz CT molecular complexity index is 429. The molecule has 0 aliphatic carbocycles. The zero-order valence-corrected chi connectivity index (χ0v) is 13.0. The summed E-state index contributed by atoms with van der Waals surface area (Å²) < 4.78 is 0. The first kappa shape index (κ1) is 16.0. The first-order valence-electron chi connectivity index (χ1n) is 7.87. The zero-order chi connectivity index (χ0) is 15.4. The molecule has 2 aliphatic heterocycles. The molecule has 0 saturated carbocycles. The number of rotatable bonds is 4. The van der Waals surface area contributed by atoms with Crippen molar-refractivity contribution < 1.29 is 14.7 Å². The van der Waals surface area contributed by atoms with E-state index in [0.717, 1.165) is 25.0 Å². The van der Waals surface area contributed by atoms with Crippen LogP contribution in [0.2, 0.25) is 0 Å². The molecule has 21 heavy (non-hydrogen) atoms. The minimum atomic E-state index is 0.0901. The molecule has 2 atom stereocenters. The highest BCUT2D eigenvalue weighted by molar-refractivity contribution is 5.88. The van der Waals surface area contributed by atoms with E-state index in [9.17, 15) is 9.59 Å². The monoisotopic (exact) mass is 294 g/mol. The molecule has 2 heterocycles. The van der Waals surface area contributed by atoms with Crippen LogP contribution in [-0.4, -0.2) is 59.0 Å². The molecule has 0 bridgehead atoms. The average molecular weight is 294 g/mol. The molecule has 118 valence electrons. The van der Waals surface area contributed by atoms with Gasteiger partial charge in [0.2, 0.25) is 11.8 Å². The van der Waals surface area contributed by atoms with Crippen LogP contribution < -0.4 is 0 Å². The van der Waals surface area contributed by atoms with E-state index in [1.54, 1.807) is 6.08 Å². The Hall–Kier alpha value is -1.36. The van der Waals surface area contributed by atoms with E-state index in [4.69, 9.17) is 5.11 Å². The fraction of sp³-hybridized carbons (Fsp3) is 0.750. The first-order valence-corrected chi connectivity index (χ1v) is 7.87. The quantitative estimate of drug-likeness (QED) is 0.792. The van der Waals surface area contributed by atoms with E-state index in [-0.39, 0.29) is 24.5 Å². The Morgan fingerprint density at radius 1 is 1.38 bits per heavy atom. The molecule has 2 aliphatic rings. The highest BCUT2D eigenvalue weighted by atomic mass is 16.3. The van der Waals surface area contributed by atoms with Crippen molar-refractivity contribution in [2.24, 2.45) is 5.92 Å². The number of aliphatic hydroxyl groups excluding tert-OH is 1. The summed E-state index contributed by atoms with van der Waals surface area (Å²) in [5.74, 6) is 0.672. The van der Waals surface area contributed by atoms with E-state index < -0.39 is 0 Å². The molecular formula is C16H26N2O3. The second kappa shape index (κ2) is 7.07.